The van der Waals surface area contributed by atoms with Gasteiger partial charge in [0.2, 0.25) is 11.9 Å². The van der Waals surface area contributed by atoms with Gasteiger partial charge in [-0.1, -0.05) is 0 Å². The van der Waals surface area contributed by atoms with Crippen LogP contribution in [0.3, 0.4) is 0 Å². The van der Waals surface area contributed by atoms with Gasteiger partial charge in [0.25, 0.3) is 0 Å². The lowest BCUT2D eigenvalue weighted by molar-refractivity contribution is -0.120. The fraction of sp³-hybridized carbons (Fsp3) is 0.571. The largest absolute Gasteiger partial charge is 0.352 e. The van der Waals surface area contributed by atoms with Gasteiger partial charge in [-0.25, -0.2) is 14.8 Å². The van der Waals surface area contributed by atoms with Crippen LogP contribution < -0.4 is 15.5 Å². The molecule has 1 aromatic heterocycles. The van der Waals surface area contributed by atoms with E-state index >= 15 is 0 Å². The zero-order valence-corrected chi connectivity index (χ0v) is 12.4. The predicted molar refractivity (Wildman–Crippen MR) is 80.4 cm³/mol. The SMILES string of the molecule is O=C(CNC(=O)N1CCN(c2ncccn2)CC1)NC1CC1. The summed E-state index contributed by atoms with van der Waals surface area (Å²) in [6.45, 7) is 2.59. The zero-order valence-electron chi connectivity index (χ0n) is 12.4. The Hall–Kier alpha value is -2.38. The van der Waals surface area contributed by atoms with Crippen LogP contribution in [0, 0.1) is 0 Å². The summed E-state index contributed by atoms with van der Waals surface area (Å²) in [7, 11) is 0. The Balaban J connectivity index is 1.40. The third-order valence-corrected chi connectivity index (χ3v) is 3.74. The minimum Gasteiger partial charge on any atom is -0.352 e. The molecule has 22 heavy (non-hydrogen) atoms. The van der Waals surface area contributed by atoms with Crippen LogP contribution in [0.2, 0.25) is 0 Å². The van der Waals surface area contributed by atoms with E-state index in [1.54, 1.807) is 23.4 Å². The third-order valence-electron chi connectivity index (χ3n) is 3.74. The van der Waals surface area contributed by atoms with Crippen LogP contribution in [0.4, 0.5) is 10.7 Å². The van der Waals surface area contributed by atoms with Gasteiger partial charge in [-0.2, -0.15) is 0 Å². The van der Waals surface area contributed by atoms with E-state index in [4.69, 9.17) is 0 Å². The van der Waals surface area contributed by atoms with E-state index in [1.807, 2.05) is 4.90 Å². The van der Waals surface area contributed by atoms with Crippen LogP contribution in [0.1, 0.15) is 12.8 Å². The first-order valence-corrected chi connectivity index (χ1v) is 7.56. The first-order chi connectivity index (χ1) is 10.7. The lowest BCUT2D eigenvalue weighted by Gasteiger charge is -2.34. The van der Waals surface area contributed by atoms with Crippen LogP contribution in [0.15, 0.2) is 18.5 Å². The number of rotatable bonds is 4. The Morgan fingerprint density at radius 3 is 2.45 bits per heavy atom. The number of hydrogen-bond acceptors (Lipinski definition) is 5. The molecule has 0 atom stereocenters. The molecule has 8 heteroatoms. The highest BCUT2D eigenvalue weighted by atomic mass is 16.2. The average molecular weight is 304 g/mol. The van der Waals surface area contributed by atoms with Gasteiger partial charge in [0, 0.05) is 44.6 Å². The molecule has 1 saturated carbocycles. The average Bonchev–Trinajstić information content (AvgIpc) is 3.37. The Kier molecular flexibility index (Phi) is 4.36. The fourth-order valence-corrected chi connectivity index (χ4v) is 2.34. The third kappa shape index (κ3) is 3.84. The van der Waals surface area contributed by atoms with Crippen LogP contribution in [0.5, 0.6) is 0 Å². The summed E-state index contributed by atoms with van der Waals surface area (Å²) in [6, 6.07) is 1.90. The first-order valence-electron chi connectivity index (χ1n) is 7.56. The summed E-state index contributed by atoms with van der Waals surface area (Å²) in [4.78, 5) is 35.8. The molecule has 1 aliphatic carbocycles. The van der Waals surface area contributed by atoms with Crippen molar-refractivity contribution >= 4 is 17.9 Å². The number of amides is 3. The van der Waals surface area contributed by atoms with Crippen LogP contribution in [0.25, 0.3) is 0 Å². The van der Waals surface area contributed by atoms with Gasteiger partial charge in [-0.15, -0.1) is 0 Å². The Labute approximate surface area is 128 Å². The van der Waals surface area contributed by atoms with E-state index in [0.29, 0.717) is 38.2 Å². The van der Waals surface area contributed by atoms with E-state index in [0.717, 1.165) is 12.8 Å². The molecule has 0 spiro atoms. The van der Waals surface area contributed by atoms with Crippen molar-refractivity contribution in [1.29, 1.82) is 0 Å². The Morgan fingerprint density at radius 2 is 1.82 bits per heavy atom. The second kappa shape index (κ2) is 6.59. The molecular weight excluding hydrogens is 284 g/mol. The molecule has 0 bridgehead atoms. The van der Waals surface area contributed by atoms with Crippen molar-refractivity contribution in [3.05, 3.63) is 18.5 Å². The van der Waals surface area contributed by atoms with Gasteiger partial charge >= 0.3 is 6.03 Å². The van der Waals surface area contributed by atoms with Crippen molar-refractivity contribution in [2.75, 3.05) is 37.6 Å². The highest BCUT2D eigenvalue weighted by Crippen LogP contribution is 2.18. The van der Waals surface area contributed by atoms with Crippen molar-refractivity contribution in [3.63, 3.8) is 0 Å². The van der Waals surface area contributed by atoms with E-state index in [-0.39, 0.29) is 18.5 Å². The summed E-state index contributed by atoms with van der Waals surface area (Å²) < 4.78 is 0. The van der Waals surface area contributed by atoms with E-state index < -0.39 is 0 Å². The quantitative estimate of drug-likeness (QED) is 0.789. The number of urea groups is 1. The minimum atomic E-state index is -0.195. The number of aromatic nitrogens is 2. The number of piperazine rings is 1. The predicted octanol–water partition coefficient (Wildman–Crippen LogP) is -0.413. The second-order valence-corrected chi connectivity index (χ2v) is 5.52. The summed E-state index contributed by atoms with van der Waals surface area (Å²) in [5.74, 6) is 0.568. The van der Waals surface area contributed by atoms with E-state index in [2.05, 4.69) is 20.6 Å². The van der Waals surface area contributed by atoms with Crippen molar-refractivity contribution in [2.45, 2.75) is 18.9 Å². The van der Waals surface area contributed by atoms with Crippen molar-refractivity contribution in [2.24, 2.45) is 0 Å². The molecular formula is C14H20N6O2. The number of nitrogens with one attached hydrogen (secondary N) is 2. The normalized spacial score (nSPS) is 18.0. The van der Waals surface area contributed by atoms with Gasteiger partial charge in [-0.3, -0.25) is 4.79 Å². The van der Waals surface area contributed by atoms with Crippen LogP contribution >= 0.6 is 0 Å². The molecule has 0 aromatic carbocycles. The van der Waals surface area contributed by atoms with Crippen molar-refractivity contribution in [1.82, 2.24) is 25.5 Å². The lowest BCUT2D eigenvalue weighted by atomic mass is 10.3. The monoisotopic (exact) mass is 304 g/mol. The van der Waals surface area contributed by atoms with Gasteiger partial charge < -0.3 is 20.4 Å². The first kappa shape index (κ1) is 14.6. The molecule has 0 unspecified atom stereocenters. The standard InChI is InChI=1S/C14H20N6O2/c21-12(18-11-2-3-11)10-17-14(22)20-8-6-19(7-9-20)13-15-4-1-5-16-13/h1,4-5,11H,2-3,6-10H2,(H,17,22)(H,18,21). The topological polar surface area (TPSA) is 90.5 Å². The van der Waals surface area contributed by atoms with Crippen molar-refractivity contribution in [3.8, 4) is 0 Å². The highest BCUT2D eigenvalue weighted by molar-refractivity contribution is 5.84. The molecule has 2 aliphatic rings. The maximum Gasteiger partial charge on any atom is 0.317 e. The second-order valence-electron chi connectivity index (χ2n) is 5.52. The molecule has 0 radical (unpaired) electrons. The minimum absolute atomic E-state index is 0.0390. The number of nitrogens with zero attached hydrogens (tertiary/aromatic N) is 4. The molecule has 2 N–H and O–H groups in total. The molecule has 1 aliphatic heterocycles. The smallest absolute Gasteiger partial charge is 0.317 e. The lowest BCUT2D eigenvalue weighted by Crippen LogP contribution is -2.53. The molecule has 3 amide bonds. The zero-order chi connectivity index (χ0) is 15.4. The summed E-state index contributed by atoms with van der Waals surface area (Å²) in [6.07, 6.45) is 5.51. The summed E-state index contributed by atoms with van der Waals surface area (Å²) in [5, 5.41) is 5.51. The number of anilines is 1. The van der Waals surface area contributed by atoms with Gasteiger partial charge in [0.05, 0.1) is 6.54 Å². The molecule has 118 valence electrons. The number of carbonyl (C=O) groups excluding carboxylic acids is 2. The molecule has 8 nitrogen and oxygen atoms in total. The van der Waals surface area contributed by atoms with Gasteiger partial charge in [0.1, 0.15) is 0 Å². The fourth-order valence-electron chi connectivity index (χ4n) is 2.34. The molecule has 1 aromatic rings. The maximum atomic E-state index is 12.0. The molecule has 1 saturated heterocycles. The Morgan fingerprint density at radius 1 is 1.14 bits per heavy atom. The number of carbonyl (C=O) groups is 2. The molecule has 3 rings (SSSR count). The van der Waals surface area contributed by atoms with Crippen LogP contribution in [-0.4, -0.2) is 65.6 Å². The molecule has 2 fully saturated rings. The Bertz CT molecular complexity index is 525. The van der Waals surface area contributed by atoms with Gasteiger partial charge in [-0.05, 0) is 18.9 Å². The maximum absolute atomic E-state index is 12.0. The van der Waals surface area contributed by atoms with E-state index in [1.165, 1.54) is 0 Å². The van der Waals surface area contributed by atoms with E-state index in [9.17, 15) is 9.59 Å². The number of hydrogen-bond donors (Lipinski definition) is 2. The summed E-state index contributed by atoms with van der Waals surface area (Å²) >= 11 is 0. The highest BCUT2D eigenvalue weighted by Gasteiger charge is 2.25. The summed E-state index contributed by atoms with van der Waals surface area (Å²) in [5.41, 5.74) is 0. The van der Waals surface area contributed by atoms with Gasteiger partial charge in [0.15, 0.2) is 0 Å². The molecule has 2 heterocycles. The van der Waals surface area contributed by atoms with Crippen LogP contribution in [-0.2, 0) is 4.79 Å². The van der Waals surface area contributed by atoms with Crippen molar-refractivity contribution < 1.29 is 9.59 Å².